The van der Waals surface area contributed by atoms with E-state index >= 15 is 0 Å². The number of benzene rings is 2. The van der Waals surface area contributed by atoms with E-state index in [2.05, 4.69) is 5.32 Å². The quantitative estimate of drug-likeness (QED) is 0.755. The minimum atomic E-state index is -0.570. The van der Waals surface area contributed by atoms with Crippen LogP contribution in [-0.4, -0.2) is 61.8 Å². The number of hydrogen-bond acceptors (Lipinski definition) is 4. The first-order valence-corrected chi connectivity index (χ1v) is 10.9. The number of likely N-dealkylation sites (N-methyl/N-ethyl adjacent to an activating group) is 1. The highest BCUT2D eigenvalue weighted by atomic mass is 16.2. The van der Waals surface area contributed by atoms with Crippen molar-refractivity contribution in [2.75, 3.05) is 38.4 Å². The summed E-state index contributed by atoms with van der Waals surface area (Å²) in [5.41, 5.74) is 4.22. The molecule has 0 bridgehead atoms. The van der Waals surface area contributed by atoms with Crippen LogP contribution in [0.2, 0.25) is 0 Å². The molecule has 0 aliphatic carbocycles. The Balaban J connectivity index is 1.92. The van der Waals surface area contributed by atoms with Crippen molar-refractivity contribution in [3.05, 3.63) is 59.2 Å². The Hall–Kier alpha value is -3.35. The molecular weight excluding hydrogens is 404 g/mol. The first-order chi connectivity index (χ1) is 15.2. The van der Waals surface area contributed by atoms with Crippen molar-refractivity contribution in [3.8, 4) is 0 Å². The highest BCUT2D eigenvalue weighted by Crippen LogP contribution is 2.29. The van der Waals surface area contributed by atoms with Crippen molar-refractivity contribution in [2.45, 2.75) is 38.8 Å². The van der Waals surface area contributed by atoms with Crippen LogP contribution in [0, 0.1) is 0 Å². The number of hydrogen-bond donors (Lipinski definition) is 1. The lowest BCUT2D eigenvalue weighted by Crippen LogP contribution is -2.52. The Morgan fingerprint density at radius 1 is 1.00 bits per heavy atom. The molecular formula is C25H32N4O3. The Bertz CT molecular complexity index is 999. The summed E-state index contributed by atoms with van der Waals surface area (Å²) in [6.45, 7) is 2.27. The van der Waals surface area contributed by atoms with E-state index in [0.29, 0.717) is 30.6 Å². The van der Waals surface area contributed by atoms with Crippen LogP contribution in [0.4, 0.5) is 11.4 Å². The van der Waals surface area contributed by atoms with Gasteiger partial charge in [-0.25, -0.2) is 0 Å². The SMILES string of the molecule is CCCC(=O)Nc1ccc2c(c1)CN(C(=O)c1ccc(N(C)C)cc1)[C@@H](C(=O)N(C)C)C2. The van der Waals surface area contributed by atoms with E-state index < -0.39 is 6.04 Å². The van der Waals surface area contributed by atoms with Crippen molar-refractivity contribution in [3.63, 3.8) is 0 Å². The van der Waals surface area contributed by atoms with E-state index in [4.69, 9.17) is 0 Å². The molecule has 0 unspecified atom stereocenters. The molecule has 1 N–H and O–H groups in total. The third kappa shape index (κ3) is 5.10. The molecule has 7 nitrogen and oxygen atoms in total. The van der Waals surface area contributed by atoms with Gasteiger partial charge in [-0.2, -0.15) is 0 Å². The van der Waals surface area contributed by atoms with Gasteiger partial charge in [0.25, 0.3) is 5.91 Å². The van der Waals surface area contributed by atoms with Crippen LogP contribution in [0.1, 0.15) is 41.3 Å². The summed E-state index contributed by atoms with van der Waals surface area (Å²) in [4.78, 5) is 43.5. The van der Waals surface area contributed by atoms with E-state index in [9.17, 15) is 14.4 Å². The molecule has 1 atom stereocenters. The Morgan fingerprint density at radius 3 is 2.28 bits per heavy atom. The van der Waals surface area contributed by atoms with Gasteiger partial charge in [-0.05, 0) is 53.9 Å². The van der Waals surface area contributed by atoms with Crippen molar-refractivity contribution >= 4 is 29.1 Å². The van der Waals surface area contributed by atoms with Crippen LogP contribution in [0.5, 0.6) is 0 Å². The number of fused-ring (bicyclic) bond motifs is 1. The summed E-state index contributed by atoms with van der Waals surface area (Å²) in [6, 6.07) is 12.5. The molecule has 0 saturated heterocycles. The van der Waals surface area contributed by atoms with Gasteiger partial charge in [-0.1, -0.05) is 13.0 Å². The lowest BCUT2D eigenvalue weighted by Gasteiger charge is -2.37. The molecule has 3 amide bonds. The van der Waals surface area contributed by atoms with E-state index in [1.165, 1.54) is 4.90 Å². The van der Waals surface area contributed by atoms with Gasteiger partial charge in [0.2, 0.25) is 11.8 Å². The summed E-state index contributed by atoms with van der Waals surface area (Å²) in [7, 11) is 7.31. The van der Waals surface area contributed by atoms with Crippen molar-refractivity contribution in [2.24, 2.45) is 0 Å². The fraction of sp³-hybridized carbons (Fsp3) is 0.400. The van der Waals surface area contributed by atoms with Crippen LogP contribution in [0.25, 0.3) is 0 Å². The number of anilines is 2. The average molecular weight is 437 g/mol. The Labute approximate surface area is 190 Å². The first-order valence-electron chi connectivity index (χ1n) is 10.9. The van der Waals surface area contributed by atoms with Crippen LogP contribution in [-0.2, 0) is 22.6 Å². The molecule has 1 heterocycles. The van der Waals surface area contributed by atoms with E-state index in [1.54, 1.807) is 31.1 Å². The first kappa shape index (κ1) is 23.3. The highest BCUT2D eigenvalue weighted by molar-refractivity contribution is 5.98. The Morgan fingerprint density at radius 2 is 1.69 bits per heavy atom. The maximum atomic E-state index is 13.4. The molecule has 32 heavy (non-hydrogen) atoms. The van der Waals surface area contributed by atoms with Gasteiger partial charge >= 0.3 is 0 Å². The van der Waals surface area contributed by atoms with Gasteiger partial charge in [0.05, 0.1) is 0 Å². The number of nitrogens with zero attached hydrogens (tertiary/aromatic N) is 3. The van der Waals surface area contributed by atoms with E-state index in [-0.39, 0.29) is 17.7 Å². The number of carbonyl (C=O) groups excluding carboxylic acids is 3. The van der Waals surface area contributed by atoms with Crippen LogP contribution < -0.4 is 10.2 Å². The fourth-order valence-electron chi connectivity index (χ4n) is 3.91. The van der Waals surface area contributed by atoms with Gasteiger partial charge in [0.15, 0.2) is 0 Å². The molecule has 2 aromatic carbocycles. The predicted molar refractivity (Wildman–Crippen MR) is 127 cm³/mol. The molecule has 7 heteroatoms. The normalized spacial score (nSPS) is 15.0. The zero-order valence-corrected chi connectivity index (χ0v) is 19.5. The summed E-state index contributed by atoms with van der Waals surface area (Å²) in [6.07, 6.45) is 1.68. The lowest BCUT2D eigenvalue weighted by atomic mass is 9.92. The monoisotopic (exact) mass is 436 g/mol. The van der Waals surface area contributed by atoms with Gasteiger partial charge in [0, 0.05) is 64.5 Å². The van der Waals surface area contributed by atoms with Crippen molar-refractivity contribution < 1.29 is 14.4 Å². The smallest absolute Gasteiger partial charge is 0.254 e. The average Bonchev–Trinajstić information content (AvgIpc) is 2.77. The third-order valence-electron chi connectivity index (χ3n) is 5.71. The minimum Gasteiger partial charge on any atom is -0.378 e. The van der Waals surface area contributed by atoms with Gasteiger partial charge < -0.3 is 20.0 Å². The third-order valence-corrected chi connectivity index (χ3v) is 5.71. The molecule has 0 radical (unpaired) electrons. The van der Waals surface area contributed by atoms with E-state index in [0.717, 1.165) is 23.2 Å². The number of carbonyl (C=O) groups is 3. The zero-order valence-electron chi connectivity index (χ0n) is 19.5. The van der Waals surface area contributed by atoms with Crippen LogP contribution in [0.15, 0.2) is 42.5 Å². The van der Waals surface area contributed by atoms with Crippen LogP contribution >= 0.6 is 0 Å². The molecule has 3 rings (SSSR count). The highest BCUT2D eigenvalue weighted by Gasteiger charge is 2.36. The lowest BCUT2D eigenvalue weighted by molar-refractivity contribution is -0.134. The maximum Gasteiger partial charge on any atom is 0.254 e. The predicted octanol–water partition coefficient (Wildman–Crippen LogP) is 3.15. The van der Waals surface area contributed by atoms with Crippen molar-refractivity contribution in [1.82, 2.24) is 9.80 Å². The summed E-state index contributed by atoms with van der Waals surface area (Å²) >= 11 is 0. The minimum absolute atomic E-state index is 0.0298. The largest absolute Gasteiger partial charge is 0.378 e. The number of rotatable bonds is 6. The second-order valence-corrected chi connectivity index (χ2v) is 8.61. The molecule has 0 spiro atoms. The topological polar surface area (TPSA) is 73.0 Å². The summed E-state index contributed by atoms with van der Waals surface area (Å²) < 4.78 is 0. The standard InChI is InChI=1S/C25H32N4O3/c1-6-7-23(30)26-20-11-8-18-15-22(25(32)28(4)5)29(16-19(18)14-20)24(31)17-9-12-21(13-10-17)27(2)3/h8-14,22H,6-7,15-16H2,1-5H3,(H,26,30)/t22-/m1/s1. The molecule has 1 aliphatic rings. The Kier molecular flexibility index (Phi) is 7.18. The molecule has 170 valence electrons. The number of amides is 3. The molecule has 0 aromatic heterocycles. The number of nitrogens with one attached hydrogen (secondary N) is 1. The zero-order chi connectivity index (χ0) is 23.4. The van der Waals surface area contributed by atoms with E-state index in [1.807, 2.05) is 56.3 Å². The fourth-order valence-corrected chi connectivity index (χ4v) is 3.91. The van der Waals surface area contributed by atoms with Gasteiger partial charge in [0.1, 0.15) is 6.04 Å². The second kappa shape index (κ2) is 9.85. The van der Waals surface area contributed by atoms with Gasteiger partial charge in [-0.15, -0.1) is 0 Å². The van der Waals surface area contributed by atoms with Crippen LogP contribution in [0.3, 0.4) is 0 Å². The van der Waals surface area contributed by atoms with Gasteiger partial charge in [-0.3, -0.25) is 14.4 Å². The maximum absolute atomic E-state index is 13.4. The molecule has 1 aliphatic heterocycles. The summed E-state index contributed by atoms with van der Waals surface area (Å²) in [5, 5.41) is 2.92. The van der Waals surface area contributed by atoms with Crippen molar-refractivity contribution in [1.29, 1.82) is 0 Å². The molecule has 2 aromatic rings. The second-order valence-electron chi connectivity index (χ2n) is 8.61. The summed E-state index contributed by atoms with van der Waals surface area (Å²) in [5.74, 6) is -0.311. The molecule has 0 fully saturated rings. The molecule has 0 saturated carbocycles.